The molecule has 0 atom stereocenters. The monoisotopic (exact) mass is 560 g/mol. The number of quaternary nitrogens is 2. The van der Waals surface area contributed by atoms with Crippen molar-refractivity contribution in [2.75, 3.05) is 59.3 Å². The first-order valence-corrected chi connectivity index (χ1v) is 17.5. The van der Waals surface area contributed by atoms with Crippen LogP contribution in [-0.4, -0.2) is 100 Å². The highest BCUT2D eigenvalue weighted by Crippen LogP contribution is 2.26. The van der Waals surface area contributed by atoms with E-state index in [0.717, 1.165) is 6.04 Å². The van der Waals surface area contributed by atoms with Gasteiger partial charge < -0.3 is 18.1 Å². The van der Waals surface area contributed by atoms with E-state index in [2.05, 4.69) is 48.7 Å². The fourth-order valence-corrected chi connectivity index (χ4v) is 4.40. The molecule has 0 saturated heterocycles. The second-order valence-corrected chi connectivity index (χ2v) is 13.5. The molecule has 0 aromatic rings. The van der Waals surface area contributed by atoms with Crippen molar-refractivity contribution in [3.05, 3.63) is 0 Å². The topological polar surface area (TPSA) is 114 Å². The lowest BCUT2D eigenvalue weighted by atomic mass is 9.92. The van der Waals surface area contributed by atoms with E-state index in [-0.39, 0.29) is 0 Å². The molecule has 1 fully saturated rings. The van der Waals surface area contributed by atoms with Crippen molar-refractivity contribution < 1.29 is 34.9 Å². The Morgan fingerprint density at radius 2 is 0.917 bits per heavy atom. The molecule has 0 bridgehead atoms. The lowest BCUT2D eigenvalue weighted by Gasteiger charge is -2.42. The SMILES string of the molecule is CCCC[N+](C)(CCCC)CCCC.CC[N+](C)(CC)C1CCCCC1.CS(=O)(=O)[O-].CS(=O)(=O)[O-]. The molecule has 0 unspecified atom stereocenters. The number of hydrogen-bond acceptors (Lipinski definition) is 6. The Labute approximate surface area is 225 Å². The van der Waals surface area contributed by atoms with Crippen LogP contribution in [-0.2, 0) is 20.2 Å². The first kappa shape index (κ1) is 40.2. The molecule has 222 valence electrons. The van der Waals surface area contributed by atoms with Crippen LogP contribution in [0.1, 0.15) is 105 Å². The van der Waals surface area contributed by atoms with Crippen LogP contribution < -0.4 is 0 Å². The van der Waals surface area contributed by atoms with E-state index < -0.39 is 20.2 Å². The average Bonchev–Trinajstić information content (AvgIpc) is 2.78. The highest BCUT2D eigenvalue weighted by atomic mass is 32.2. The van der Waals surface area contributed by atoms with Gasteiger partial charge in [0.25, 0.3) is 0 Å². The molecule has 1 saturated carbocycles. The largest absolute Gasteiger partial charge is 0.748 e. The van der Waals surface area contributed by atoms with Crippen LogP contribution in [0.2, 0.25) is 0 Å². The third kappa shape index (κ3) is 30.0. The van der Waals surface area contributed by atoms with E-state index in [1.807, 2.05) is 0 Å². The Hall–Kier alpha value is -0.260. The normalized spacial score (nSPS) is 15.0. The van der Waals surface area contributed by atoms with Gasteiger partial charge in [0.15, 0.2) is 0 Å². The van der Waals surface area contributed by atoms with Gasteiger partial charge in [0.2, 0.25) is 0 Å². The Balaban J connectivity index is -0.000000445. The maximum Gasteiger partial charge on any atom is 0.0916 e. The molecule has 0 aromatic carbocycles. The van der Waals surface area contributed by atoms with Gasteiger partial charge in [-0.1, -0.05) is 46.5 Å². The minimum Gasteiger partial charge on any atom is -0.748 e. The van der Waals surface area contributed by atoms with E-state index in [4.69, 9.17) is 25.9 Å². The zero-order chi connectivity index (χ0) is 28.9. The summed E-state index contributed by atoms with van der Waals surface area (Å²) in [7, 11) is -2.96. The molecule has 0 amide bonds. The van der Waals surface area contributed by atoms with Crippen LogP contribution in [0.3, 0.4) is 0 Å². The molecule has 1 aliphatic rings. The predicted octanol–water partition coefficient (Wildman–Crippen LogP) is 4.96. The van der Waals surface area contributed by atoms with Gasteiger partial charge in [-0.2, -0.15) is 0 Å². The zero-order valence-corrected chi connectivity index (χ0v) is 26.7. The molecule has 36 heavy (non-hydrogen) atoms. The van der Waals surface area contributed by atoms with Crippen LogP contribution in [0.25, 0.3) is 0 Å². The van der Waals surface area contributed by atoms with Crippen molar-refractivity contribution in [3.8, 4) is 0 Å². The molecule has 10 heteroatoms. The summed E-state index contributed by atoms with van der Waals surface area (Å²) < 4.78 is 57.1. The standard InChI is InChI=1S/C13H30N.C11H24N.2CH4O3S/c1-5-8-11-14(4,12-9-6-2)13-10-7-3;1-4-12(3,5-2)11-9-7-6-8-10-11;2*1-5(2,3)4/h5-13H2,1-4H3;11H,4-10H2,1-3H3;2*1H3,(H,2,3,4)/q2*+1;;/p-2. The molecule has 0 radical (unpaired) electrons. The van der Waals surface area contributed by atoms with E-state index in [1.165, 1.54) is 112 Å². The first-order valence-electron chi connectivity index (χ1n) is 13.9. The Kier molecular flexibility index (Phi) is 24.2. The Morgan fingerprint density at radius 1 is 0.639 bits per heavy atom. The van der Waals surface area contributed by atoms with Crippen molar-refractivity contribution in [3.63, 3.8) is 0 Å². The summed E-state index contributed by atoms with van der Waals surface area (Å²) in [4.78, 5) is 0. The van der Waals surface area contributed by atoms with Gasteiger partial charge in [0.1, 0.15) is 0 Å². The van der Waals surface area contributed by atoms with Crippen LogP contribution in [0.5, 0.6) is 0 Å². The summed E-state index contributed by atoms with van der Waals surface area (Å²) in [5, 5.41) is 0. The highest BCUT2D eigenvalue weighted by Gasteiger charge is 2.30. The lowest BCUT2D eigenvalue weighted by Crippen LogP contribution is -2.52. The van der Waals surface area contributed by atoms with Gasteiger partial charge in [-0.3, -0.25) is 0 Å². The third-order valence-corrected chi connectivity index (χ3v) is 7.06. The average molecular weight is 561 g/mol. The van der Waals surface area contributed by atoms with E-state index in [9.17, 15) is 0 Å². The lowest BCUT2D eigenvalue weighted by molar-refractivity contribution is -0.931. The molecule has 8 nitrogen and oxygen atoms in total. The molecular weight excluding hydrogens is 500 g/mol. The van der Waals surface area contributed by atoms with Gasteiger partial charge >= 0.3 is 0 Å². The molecule has 0 spiro atoms. The summed E-state index contributed by atoms with van der Waals surface area (Å²) in [5.41, 5.74) is 0. The summed E-state index contributed by atoms with van der Waals surface area (Å²) in [6, 6.07) is 0.966. The van der Waals surface area contributed by atoms with Gasteiger partial charge in [0, 0.05) is 12.5 Å². The summed E-state index contributed by atoms with van der Waals surface area (Å²) in [6.07, 6.45) is 16.8. The fourth-order valence-electron chi connectivity index (χ4n) is 4.40. The number of unbranched alkanes of at least 4 members (excludes halogenated alkanes) is 3. The fraction of sp³-hybridized carbons (Fsp3) is 1.00. The van der Waals surface area contributed by atoms with Gasteiger partial charge in [-0.15, -0.1) is 0 Å². The van der Waals surface area contributed by atoms with Crippen LogP contribution in [0, 0.1) is 0 Å². The van der Waals surface area contributed by atoms with Crippen molar-refractivity contribution >= 4 is 20.2 Å². The van der Waals surface area contributed by atoms with Crippen LogP contribution in [0.15, 0.2) is 0 Å². The van der Waals surface area contributed by atoms with E-state index in [0.29, 0.717) is 12.5 Å². The summed E-state index contributed by atoms with van der Waals surface area (Å²) >= 11 is 0. The minimum atomic E-state index is -3.92. The van der Waals surface area contributed by atoms with Crippen molar-refractivity contribution in [1.29, 1.82) is 0 Å². The van der Waals surface area contributed by atoms with E-state index in [1.54, 1.807) is 0 Å². The first-order chi connectivity index (χ1) is 16.4. The van der Waals surface area contributed by atoms with Crippen molar-refractivity contribution in [2.45, 2.75) is 111 Å². The number of rotatable bonds is 12. The van der Waals surface area contributed by atoms with Gasteiger partial charge in [-0.25, -0.2) is 16.8 Å². The smallest absolute Gasteiger partial charge is 0.0916 e. The van der Waals surface area contributed by atoms with Crippen LogP contribution in [0.4, 0.5) is 0 Å². The molecule has 1 rings (SSSR count). The predicted molar refractivity (Wildman–Crippen MR) is 151 cm³/mol. The summed E-state index contributed by atoms with van der Waals surface area (Å²) in [6.45, 7) is 18.3. The minimum absolute atomic E-state index is 0.604. The molecule has 0 aromatic heterocycles. The maximum absolute atomic E-state index is 9.08. The molecular formula is C26H60N2O6S2. The molecule has 0 aliphatic heterocycles. The third-order valence-electron chi connectivity index (χ3n) is 7.06. The maximum atomic E-state index is 9.08. The van der Waals surface area contributed by atoms with Crippen molar-refractivity contribution in [2.24, 2.45) is 0 Å². The highest BCUT2D eigenvalue weighted by molar-refractivity contribution is 7.85. The van der Waals surface area contributed by atoms with Gasteiger partial charge in [0.05, 0.1) is 73.1 Å². The quantitative estimate of drug-likeness (QED) is 0.246. The molecule has 0 N–H and O–H groups in total. The van der Waals surface area contributed by atoms with E-state index >= 15 is 0 Å². The number of nitrogens with zero attached hydrogens (tertiary/aromatic N) is 2. The number of hydrogen-bond donors (Lipinski definition) is 0. The Bertz CT molecular complexity index is 634. The Morgan fingerprint density at radius 3 is 1.14 bits per heavy atom. The molecule has 0 heterocycles. The second kappa shape index (κ2) is 21.6. The van der Waals surface area contributed by atoms with Crippen LogP contribution >= 0.6 is 0 Å². The molecule has 1 aliphatic carbocycles. The van der Waals surface area contributed by atoms with Gasteiger partial charge in [-0.05, 0) is 58.8 Å². The second-order valence-electron chi connectivity index (χ2n) is 10.7. The summed E-state index contributed by atoms with van der Waals surface area (Å²) in [5.74, 6) is 0. The van der Waals surface area contributed by atoms with Crippen molar-refractivity contribution in [1.82, 2.24) is 0 Å². The zero-order valence-electron chi connectivity index (χ0n) is 25.1.